The fourth-order valence-electron chi connectivity index (χ4n) is 5.14. The molecule has 0 radical (unpaired) electrons. The fourth-order valence-corrected chi connectivity index (χ4v) is 5.31. The third kappa shape index (κ3) is 3.04. The highest BCUT2D eigenvalue weighted by Gasteiger charge is 2.31. The highest BCUT2D eigenvalue weighted by Crippen LogP contribution is 2.45. The number of halogens is 1. The highest BCUT2D eigenvalue weighted by atomic mass is 35.5. The van der Waals surface area contributed by atoms with Crippen LogP contribution in [0.4, 0.5) is 0 Å². The second-order valence-electron chi connectivity index (χ2n) is 8.92. The monoisotopic (exact) mass is 412 g/mol. The lowest BCUT2D eigenvalue weighted by Crippen LogP contribution is -2.22. The van der Waals surface area contributed by atoms with Crippen LogP contribution in [0, 0.1) is 18.8 Å². The number of Topliss-reactive ketones (excluding diaryl/α,β-unsaturated/α-hetero) is 1. The van der Waals surface area contributed by atoms with E-state index in [0.29, 0.717) is 18.3 Å². The Bertz CT molecular complexity index is 1220. The van der Waals surface area contributed by atoms with E-state index in [0.717, 1.165) is 22.6 Å². The SMILES string of the molecule is Cc1ccc(Cl)cc1C1=Cc2ccc3c(c2CC1C(C)C)CC(=O)c1ccccc1-3. The predicted octanol–water partition coefficient (Wildman–Crippen LogP) is 7.42. The number of rotatable bonds is 2. The van der Waals surface area contributed by atoms with Crippen molar-refractivity contribution in [1.82, 2.24) is 0 Å². The van der Waals surface area contributed by atoms with E-state index in [1.165, 1.54) is 39.0 Å². The number of ketones is 1. The van der Waals surface area contributed by atoms with Gasteiger partial charge in [0, 0.05) is 17.0 Å². The summed E-state index contributed by atoms with van der Waals surface area (Å²) in [6.07, 6.45) is 3.80. The molecule has 1 unspecified atom stereocenters. The molecule has 0 spiro atoms. The molecule has 0 N–H and O–H groups in total. The zero-order valence-corrected chi connectivity index (χ0v) is 18.4. The smallest absolute Gasteiger partial charge is 0.167 e. The molecule has 5 rings (SSSR count). The lowest BCUT2D eigenvalue weighted by molar-refractivity contribution is 0.0991. The predicted molar refractivity (Wildman–Crippen MR) is 126 cm³/mol. The van der Waals surface area contributed by atoms with Gasteiger partial charge in [0.25, 0.3) is 0 Å². The standard InChI is InChI=1S/C28H25ClO/c1-16(2)23-14-25-18(12-26(23)24-13-19(29)10-8-17(24)3)9-11-21-20-6-4-5-7-22(20)28(30)15-27(21)25/h4-13,16,23H,14-15H2,1-3H3. The molecule has 0 saturated carbocycles. The van der Waals surface area contributed by atoms with Crippen LogP contribution < -0.4 is 0 Å². The Hall–Kier alpha value is -2.64. The molecule has 0 bridgehead atoms. The summed E-state index contributed by atoms with van der Waals surface area (Å²) in [5.74, 6) is 1.12. The third-order valence-electron chi connectivity index (χ3n) is 6.77. The van der Waals surface area contributed by atoms with Crippen LogP contribution in [0.5, 0.6) is 0 Å². The number of hydrogen-bond acceptors (Lipinski definition) is 1. The fraction of sp³-hybridized carbons (Fsp3) is 0.250. The molecule has 2 aliphatic rings. The van der Waals surface area contributed by atoms with Crippen molar-refractivity contribution < 1.29 is 4.79 Å². The van der Waals surface area contributed by atoms with Crippen molar-refractivity contribution in [3.63, 3.8) is 0 Å². The molecule has 3 aromatic carbocycles. The summed E-state index contributed by atoms with van der Waals surface area (Å²) in [5.41, 5.74) is 10.8. The van der Waals surface area contributed by atoms with Crippen molar-refractivity contribution in [2.45, 2.75) is 33.6 Å². The molecule has 1 atom stereocenters. The van der Waals surface area contributed by atoms with Gasteiger partial charge in [0.05, 0.1) is 0 Å². The molecule has 0 heterocycles. The summed E-state index contributed by atoms with van der Waals surface area (Å²) in [6, 6.07) is 18.6. The minimum absolute atomic E-state index is 0.230. The quantitative estimate of drug-likeness (QED) is 0.427. The number of carbonyl (C=O) groups is 1. The van der Waals surface area contributed by atoms with Gasteiger partial charge in [-0.15, -0.1) is 0 Å². The first-order valence-electron chi connectivity index (χ1n) is 10.7. The summed E-state index contributed by atoms with van der Waals surface area (Å²) in [4.78, 5) is 12.9. The van der Waals surface area contributed by atoms with E-state index in [2.05, 4.69) is 57.2 Å². The molecular formula is C28H25ClO. The van der Waals surface area contributed by atoms with Crippen LogP contribution >= 0.6 is 11.6 Å². The van der Waals surface area contributed by atoms with E-state index in [4.69, 9.17) is 11.6 Å². The van der Waals surface area contributed by atoms with Gasteiger partial charge in [0.2, 0.25) is 0 Å². The van der Waals surface area contributed by atoms with Gasteiger partial charge in [-0.2, -0.15) is 0 Å². The largest absolute Gasteiger partial charge is 0.294 e. The Morgan fingerprint density at radius 2 is 1.67 bits per heavy atom. The Labute approximate surface area is 183 Å². The summed E-state index contributed by atoms with van der Waals surface area (Å²) in [5, 5.41) is 0.775. The number of benzene rings is 3. The van der Waals surface area contributed by atoms with Crippen LogP contribution in [0.25, 0.3) is 22.8 Å². The molecule has 30 heavy (non-hydrogen) atoms. The van der Waals surface area contributed by atoms with E-state index < -0.39 is 0 Å². The van der Waals surface area contributed by atoms with E-state index in [1.54, 1.807) is 0 Å². The lowest BCUT2D eigenvalue weighted by atomic mass is 9.71. The highest BCUT2D eigenvalue weighted by molar-refractivity contribution is 6.30. The molecule has 0 fully saturated rings. The van der Waals surface area contributed by atoms with Gasteiger partial charge < -0.3 is 0 Å². The first kappa shape index (κ1) is 19.3. The second kappa shape index (κ2) is 7.25. The van der Waals surface area contributed by atoms with Crippen LogP contribution in [-0.2, 0) is 12.8 Å². The lowest BCUT2D eigenvalue weighted by Gasteiger charge is -2.33. The number of aryl methyl sites for hydroxylation is 1. The summed E-state index contributed by atoms with van der Waals surface area (Å²) >= 11 is 6.36. The van der Waals surface area contributed by atoms with Gasteiger partial charge in [-0.05, 0) is 81.8 Å². The molecule has 2 aliphatic carbocycles. The van der Waals surface area contributed by atoms with E-state index in [-0.39, 0.29) is 5.78 Å². The molecule has 2 heteroatoms. The summed E-state index contributed by atoms with van der Waals surface area (Å²) in [6.45, 7) is 6.74. The minimum Gasteiger partial charge on any atom is -0.294 e. The second-order valence-corrected chi connectivity index (χ2v) is 9.35. The number of allylic oxidation sites excluding steroid dienone is 1. The zero-order chi connectivity index (χ0) is 21.0. The third-order valence-corrected chi connectivity index (χ3v) is 7.01. The first-order valence-corrected chi connectivity index (χ1v) is 11.1. The van der Waals surface area contributed by atoms with E-state index in [1.807, 2.05) is 24.3 Å². The number of fused-ring (bicyclic) bond motifs is 5. The minimum atomic E-state index is 0.230. The van der Waals surface area contributed by atoms with E-state index in [9.17, 15) is 4.79 Å². The normalized spacial score (nSPS) is 17.3. The molecule has 0 amide bonds. The van der Waals surface area contributed by atoms with E-state index >= 15 is 0 Å². The van der Waals surface area contributed by atoms with Gasteiger partial charge in [0.15, 0.2) is 5.78 Å². The maximum atomic E-state index is 12.9. The zero-order valence-electron chi connectivity index (χ0n) is 17.6. The van der Waals surface area contributed by atoms with Crippen molar-refractivity contribution >= 4 is 29.0 Å². The van der Waals surface area contributed by atoms with Crippen LogP contribution in [0.1, 0.15) is 52.0 Å². The van der Waals surface area contributed by atoms with Crippen molar-refractivity contribution in [1.29, 1.82) is 0 Å². The number of carbonyl (C=O) groups excluding carboxylic acids is 1. The van der Waals surface area contributed by atoms with Crippen molar-refractivity contribution in [2.75, 3.05) is 0 Å². The van der Waals surface area contributed by atoms with Crippen molar-refractivity contribution in [3.05, 3.63) is 93.0 Å². The molecule has 0 saturated heterocycles. The average molecular weight is 413 g/mol. The summed E-state index contributed by atoms with van der Waals surface area (Å²) < 4.78 is 0. The van der Waals surface area contributed by atoms with Crippen molar-refractivity contribution in [3.8, 4) is 11.1 Å². The Morgan fingerprint density at radius 1 is 0.900 bits per heavy atom. The van der Waals surface area contributed by atoms with Gasteiger partial charge in [0.1, 0.15) is 0 Å². The topological polar surface area (TPSA) is 17.1 Å². The Morgan fingerprint density at radius 3 is 2.43 bits per heavy atom. The van der Waals surface area contributed by atoms with Crippen LogP contribution in [0.2, 0.25) is 5.02 Å². The van der Waals surface area contributed by atoms with Gasteiger partial charge >= 0.3 is 0 Å². The first-order chi connectivity index (χ1) is 14.4. The van der Waals surface area contributed by atoms with Crippen LogP contribution in [0.3, 0.4) is 0 Å². The Balaban J connectivity index is 1.72. The van der Waals surface area contributed by atoms with Crippen molar-refractivity contribution in [2.24, 2.45) is 11.8 Å². The maximum absolute atomic E-state index is 12.9. The Kier molecular flexibility index (Phi) is 4.67. The average Bonchev–Trinajstić information content (AvgIpc) is 2.74. The summed E-state index contributed by atoms with van der Waals surface area (Å²) in [7, 11) is 0. The molecule has 1 nitrogen and oxygen atoms in total. The van der Waals surface area contributed by atoms with Crippen LogP contribution in [0.15, 0.2) is 54.6 Å². The van der Waals surface area contributed by atoms with Gasteiger partial charge in [-0.25, -0.2) is 0 Å². The number of hydrogen-bond donors (Lipinski definition) is 0. The molecule has 3 aromatic rings. The maximum Gasteiger partial charge on any atom is 0.167 e. The molecule has 150 valence electrons. The van der Waals surface area contributed by atoms with Crippen LogP contribution in [-0.4, -0.2) is 5.78 Å². The molecule has 0 aliphatic heterocycles. The molecule has 0 aromatic heterocycles. The van der Waals surface area contributed by atoms with Gasteiger partial charge in [-0.1, -0.05) is 74.0 Å². The van der Waals surface area contributed by atoms with Gasteiger partial charge in [-0.3, -0.25) is 4.79 Å². The molecular weight excluding hydrogens is 388 g/mol.